The highest BCUT2D eigenvalue weighted by molar-refractivity contribution is 5.76. The van der Waals surface area contributed by atoms with Crippen LogP contribution in [-0.2, 0) is 14.3 Å². The lowest BCUT2D eigenvalue weighted by atomic mass is 10.0. The predicted octanol–water partition coefficient (Wildman–Crippen LogP) is 25.3. The summed E-state index contributed by atoms with van der Waals surface area (Å²) in [5.74, 6) is -0.00839. The van der Waals surface area contributed by atoms with Gasteiger partial charge in [0.1, 0.15) is 0 Å². The summed E-state index contributed by atoms with van der Waals surface area (Å²) in [5, 5.41) is 23.5. The van der Waals surface area contributed by atoms with E-state index < -0.39 is 12.1 Å². The van der Waals surface area contributed by atoms with E-state index in [1.807, 2.05) is 0 Å². The number of carbonyl (C=O) groups is 2. The van der Waals surface area contributed by atoms with Gasteiger partial charge in [-0.2, -0.15) is 0 Å². The van der Waals surface area contributed by atoms with E-state index in [1.54, 1.807) is 0 Å². The Bertz CT molecular complexity index is 1210. The van der Waals surface area contributed by atoms with Gasteiger partial charge in [0.05, 0.1) is 25.4 Å². The predicted molar refractivity (Wildman–Crippen MR) is 366 cm³/mol. The Kier molecular flexibility index (Phi) is 72.3. The summed E-state index contributed by atoms with van der Waals surface area (Å²) in [6.45, 7) is 5.02. The van der Waals surface area contributed by atoms with Crippen LogP contribution in [0.1, 0.15) is 457 Å². The molecule has 0 aromatic heterocycles. The smallest absolute Gasteiger partial charge is 0.305 e. The van der Waals surface area contributed by atoms with Crippen LogP contribution in [0.25, 0.3) is 0 Å². The highest BCUT2D eigenvalue weighted by Gasteiger charge is 2.20. The van der Waals surface area contributed by atoms with E-state index >= 15 is 0 Å². The molecule has 0 heterocycles. The van der Waals surface area contributed by atoms with Gasteiger partial charge < -0.3 is 20.3 Å². The van der Waals surface area contributed by atoms with Crippen molar-refractivity contribution in [1.29, 1.82) is 0 Å². The number of rotatable bonds is 74. The van der Waals surface area contributed by atoms with Gasteiger partial charge in [0, 0.05) is 12.8 Å². The maximum Gasteiger partial charge on any atom is 0.305 e. The Labute approximate surface area is 521 Å². The van der Waals surface area contributed by atoms with Crippen LogP contribution in [0.15, 0.2) is 0 Å². The molecule has 6 nitrogen and oxygen atoms in total. The van der Waals surface area contributed by atoms with Gasteiger partial charge in [-0.15, -0.1) is 0 Å². The summed E-state index contributed by atoms with van der Waals surface area (Å²) in [7, 11) is 0. The summed E-state index contributed by atoms with van der Waals surface area (Å²) < 4.78 is 5.52. The van der Waals surface area contributed by atoms with Gasteiger partial charge in [-0.1, -0.05) is 418 Å². The molecule has 0 fully saturated rings. The average molecular weight is 1170 g/mol. The van der Waals surface area contributed by atoms with E-state index in [1.165, 1.54) is 385 Å². The highest BCUT2D eigenvalue weighted by Crippen LogP contribution is 2.20. The van der Waals surface area contributed by atoms with Crippen molar-refractivity contribution in [3.05, 3.63) is 0 Å². The van der Waals surface area contributed by atoms with Crippen LogP contribution >= 0.6 is 0 Å². The van der Waals surface area contributed by atoms with Crippen LogP contribution in [0.5, 0.6) is 0 Å². The van der Waals surface area contributed by atoms with Gasteiger partial charge in [0.2, 0.25) is 5.91 Å². The molecule has 0 rings (SSSR count). The largest absolute Gasteiger partial charge is 0.466 e. The maximum atomic E-state index is 12.6. The molecule has 496 valence electrons. The zero-order valence-corrected chi connectivity index (χ0v) is 57.0. The molecule has 0 aliphatic heterocycles. The Morgan fingerprint density at radius 1 is 0.289 bits per heavy atom. The molecule has 0 aliphatic carbocycles. The molecule has 0 saturated carbocycles. The number of aliphatic hydroxyl groups excluding tert-OH is 2. The van der Waals surface area contributed by atoms with Crippen LogP contribution in [0, 0.1) is 0 Å². The van der Waals surface area contributed by atoms with E-state index in [0.717, 1.165) is 38.5 Å². The molecular formula is C77H153NO5. The first-order valence-corrected chi connectivity index (χ1v) is 38.8. The van der Waals surface area contributed by atoms with Gasteiger partial charge in [-0.3, -0.25) is 9.59 Å². The number of amides is 1. The van der Waals surface area contributed by atoms with Gasteiger partial charge in [0.15, 0.2) is 0 Å². The molecule has 0 saturated heterocycles. The molecular weight excluding hydrogens is 1020 g/mol. The van der Waals surface area contributed by atoms with Crippen LogP contribution in [0.4, 0.5) is 0 Å². The number of hydrogen-bond acceptors (Lipinski definition) is 5. The molecule has 2 unspecified atom stereocenters. The van der Waals surface area contributed by atoms with E-state index in [-0.39, 0.29) is 18.5 Å². The third-order valence-electron chi connectivity index (χ3n) is 18.7. The second-order valence-corrected chi connectivity index (χ2v) is 27.1. The molecule has 0 radical (unpaired) electrons. The Morgan fingerprint density at radius 2 is 0.494 bits per heavy atom. The number of aliphatic hydroxyl groups is 2. The molecule has 0 aliphatic rings. The number of ether oxygens (including phenoxy) is 1. The summed E-state index contributed by atoms with van der Waals surface area (Å²) in [6.07, 6.45) is 90.3. The topological polar surface area (TPSA) is 95.9 Å². The molecule has 3 N–H and O–H groups in total. The number of carbonyl (C=O) groups excluding carboxylic acids is 2. The van der Waals surface area contributed by atoms with Crippen LogP contribution in [-0.4, -0.2) is 47.4 Å². The van der Waals surface area contributed by atoms with Crippen molar-refractivity contribution >= 4 is 11.9 Å². The molecule has 0 bridgehead atoms. The SMILES string of the molecule is CCCCCCCCCCCCCCCCCCCCCCCCCCCC(O)C(CO)NC(=O)CCCCCCCCCCCCCCCCCCCCCCCCOC(=O)CCCCCCCCCCCCCCCCCCCCC. The third kappa shape index (κ3) is 69.8. The maximum absolute atomic E-state index is 12.6. The lowest BCUT2D eigenvalue weighted by Crippen LogP contribution is -2.45. The van der Waals surface area contributed by atoms with E-state index in [0.29, 0.717) is 25.9 Å². The zero-order chi connectivity index (χ0) is 59.9. The Hall–Kier alpha value is -1.14. The van der Waals surface area contributed by atoms with Crippen molar-refractivity contribution < 1.29 is 24.5 Å². The van der Waals surface area contributed by atoms with Gasteiger partial charge in [-0.25, -0.2) is 0 Å². The second kappa shape index (κ2) is 73.3. The van der Waals surface area contributed by atoms with Crippen LogP contribution < -0.4 is 5.32 Å². The average Bonchev–Trinajstić information content (AvgIpc) is 3.49. The van der Waals surface area contributed by atoms with Crippen LogP contribution in [0.2, 0.25) is 0 Å². The summed E-state index contributed by atoms with van der Waals surface area (Å²) >= 11 is 0. The normalized spacial score (nSPS) is 12.4. The van der Waals surface area contributed by atoms with Crippen molar-refractivity contribution in [2.75, 3.05) is 13.2 Å². The van der Waals surface area contributed by atoms with Gasteiger partial charge in [0.25, 0.3) is 0 Å². The zero-order valence-electron chi connectivity index (χ0n) is 57.0. The van der Waals surface area contributed by atoms with E-state index in [9.17, 15) is 19.8 Å². The van der Waals surface area contributed by atoms with Crippen molar-refractivity contribution in [2.45, 2.75) is 469 Å². The lowest BCUT2D eigenvalue weighted by molar-refractivity contribution is -0.143. The minimum atomic E-state index is -0.665. The minimum absolute atomic E-state index is 0.0201. The molecule has 0 spiro atoms. The number of nitrogens with one attached hydrogen (secondary N) is 1. The third-order valence-corrected chi connectivity index (χ3v) is 18.7. The van der Waals surface area contributed by atoms with Gasteiger partial charge in [-0.05, 0) is 25.7 Å². The fourth-order valence-corrected chi connectivity index (χ4v) is 12.8. The molecule has 83 heavy (non-hydrogen) atoms. The second-order valence-electron chi connectivity index (χ2n) is 27.1. The van der Waals surface area contributed by atoms with Crippen LogP contribution in [0.3, 0.4) is 0 Å². The summed E-state index contributed by atoms with van der Waals surface area (Å²) in [5.41, 5.74) is 0. The van der Waals surface area contributed by atoms with Crippen molar-refractivity contribution in [2.24, 2.45) is 0 Å². The lowest BCUT2D eigenvalue weighted by Gasteiger charge is -2.22. The molecule has 2 atom stereocenters. The number of esters is 1. The highest BCUT2D eigenvalue weighted by atomic mass is 16.5. The first-order chi connectivity index (χ1) is 41.0. The molecule has 0 aromatic rings. The fraction of sp³-hybridized carbons (Fsp3) is 0.974. The Morgan fingerprint density at radius 3 is 0.735 bits per heavy atom. The Balaban J connectivity index is 3.35. The fourth-order valence-electron chi connectivity index (χ4n) is 12.8. The standard InChI is InChI=1S/C77H153NO5/c1-3-5-7-9-11-13-15-17-19-21-23-24-25-26-27-30-34-37-41-45-49-53-57-61-65-69-75(80)74(73-79)78-76(81)70-66-62-58-54-50-46-42-38-35-31-28-29-32-36-40-44-48-52-56-60-64-68-72-83-77(82)71-67-63-59-55-51-47-43-39-33-22-20-18-16-14-12-10-8-6-4-2/h74-75,79-80H,3-73H2,1-2H3,(H,78,81). The molecule has 1 amide bonds. The van der Waals surface area contributed by atoms with Crippen molar-refractivity contribution in [3.63, 3.8) is 0 Å². The van der Waals surface area contributed by atoms with E-state index in [4.69, 9.17) is 4.74 Å². The minimum Gasteiger partial charge on any atom is -0.466 e. The molecule has 6 heteroatoms. The van der Waals surface area contributed by atoms with Crippen molar-refractivity contribution in [3.8, 4) is 0 Å². The first kappa shape index (κ1) is 81.9. The van der Waals surface area contributed by atoms with Crippen molar-refractivity contribution in [1.82, 2.24) is 5.32 Å². The van der Waals surface area contributed by atoms with Gasteiger partial charge >= 0.3 is 5.97 Å². The molecule has 0 aromatic carbocycles. The summed E-state index contributed by atoms with van der Waals surface area (Å²) in [4.78, 5) is 24.7. The monoisotopic (exact) mass is 1170 g/mol. The first-order valence-electron chi connectivity index (χ1n) is 38.8. The summed E-state index contributed by atoms with van der Waals surface area (Å²) in [6, 6.07) is -0.542. The quantitative estimate of drug-likeness (QED) is 0.0417. The van der Waals surface area contributed by atoms with E-state index in [2.05, 4.69) is 19.2 Å². The number of hydrogen-bond donors (Lipinski definition) is 3. The number of unbranched alkanes of at least 4 members (excludes halogenated alkanes) is 63.